The smallest absolute Gasteiger partial charge is 0.271 e. The highest BCUT2D eigenvalue weighted by Gasteiger charge is 2.25. The first-order chi connectivity index (χ1) is 9.56. The van der Waals surface area contributed by atoms with Crippen molar-refractivity contribution in [1.82, 2.24) is 15.1 Å². The average Bonchev–Trinajstić information content (AvgIpc) is 2.74. The van der Waals surface area contributed by atoms with E-state index in [-0.39, 0.29) is 11.9 Å². The minimum Gasteiger partial charge on any atom is -0.395 e. The molecule has 5 nitrogen and oxygen atoms in total. The molecular weight excluding hydrogens is 252 g/mol. The van der Waals surface area contributed by atoms with Gasteiger partial charge in [0.1, 0.15) is 5.69 Å². The number of hydrogen-bond acceptors (Lipinski definition) is 3. The van der Waals surface area contributed by atoms with Gasteiger partial charge in [0, 0.05) is 12.6 Å². The maximum atomic E-state index is 12.5. The summed E-state index contributed by atoms with van der Waals surface area (Å²) in [4.78, 5) is 12.5. The SMILES string of the molecule is CCC1CCCC(NC(=O)c2c(N)c(C)nn2CC)C1. The number of hydrogen-bond donors (Lipinski definition) is 2. The fraction of sp³-hybridized carbons (Fsp3) is 0.733. The normalized spacial score (nSPS) is 22.8. The first-order valence-electron chi connectivity index (χ1n) is 7.70. The standard InChI is InChI=1S/C15H26N4O/c1-4-11-7-6-8-12(9-11)17-15(20)14-13(16)10(3)18-19(14)5-2/h11-12H,4-9,16H2,1-3H3,(H,17,20). The molecule has 1 aliphatic rings. The molecule has 20 heavy (non-hydrogen) atoms. The van der Waals surface area contributed by atoms with Crippen LogP contribution in [0.4, 0.5) is 5.69 Å². The number of nitrogens with one attached hydrogen (secondary N) is 1. The van der Waals surface area contributed by atoms with Crippen LogP contribution in [-0.2, 0) is 6.54 Å². The highest BCUT2D eigenvalue weighted by molar-refractivity contribution is 5.98. The van der Waals surface area contributed by atoms with E-state index in [0.29, 0.717) is 17.9 Å². The summed E-state index contributed by atoms with van der Waals surface area (Å²) in [7, 11) is 0. The van der Waals surface area contributed by atoms with Crippen LogP contribution < -0.4 is 11.1 Å². The molecule has 1 saturated carbocycles. The molecule has 1 aromatic rings. The number of aryl methyl sites for hydroxylation is 2. The van der Waals surface area contributed by atoms with E-state index in [2.05, 4.69) is 17.3 Å². The van der Waals surface area contributed by atoms with E-state index < -0.39 is 0 Å². The summed E-state index contributed by atoms with van der Waals surface area (Å²) < 4.78 is 1.69. The van der Waals surface area contributed by atoms with Gasteiger partial charge in [0.2, 0.25) is 0 Å². The fourth-order valence-corrected chi connectivity index (χ4v) is 3.11. The van der Waals surface area contributed by atoms with Gasteiger partial charge >= 0.3 is 0 Å². The Morgan fingerprint density at radius 2 is 2.20 bits per heavy atom. The Labute approximate surface area is 120 Å². The molecule has 2 unspecified atom stereocenters. The lowest BCUT2D eigenvalue weighted by Crippen LogP contribution is -2.39. The molecule has 1 fully saturated rings. The number of anilines is 1. The van der Waals surface area contributed by atoms with Gasteiger partial charge in [-0.1, -0.05) is 26.2 Å². The van der Waals surface area contributed by atoms with Gasteiger partial charge in [-0.2, -0.15) is 5.10 Å². The third kappa shape index (κ3) is 2.97. The zero-order valence-corrected chi connectivity index (χ0v) is 12.8. The van der Waals surface area contributed by atoms with Crippen molar-refractivity contribution in [3.8, 4) is 0 Å². The van der Waals surface area contributed by atoms with Gasteiger partial charge in [-0.3, -0.25) is 9.48 Å². The van der Waals surface area contributed by atoms with Gasteiger partial charge in [-0.15, -0.1) is 0 Å². The van der Waals surface area contributed by atoms with Crippen molar-refractivity contribution in [3.05, 3.63) is 11.4 Å². The maximum absolute atomic E-state index is 12.5. The van der Waals surface area contributed by atoms with E-state index in [1.165, 1.54) is 19.3 Å². The Morgan fingerprint density at radius 3 is 2.85 bits per heavy atom. The van der Waals surface area contributed by atoms with Crippen LogP contribution in [0, 0.1) is 12.8 Å². The quantitative estimate of drug-likeness (QED) is 0.888. The van der Waals surface area contributed by atoms with E-state index in [9.17, 15) is 4.79 Å². The number of aromatic nitrogens is 2. The minimum atomic E-state index is -0.0771. The molecule has 5 heteroatoms. The van der Waals surface area contributed by atoms with Crippen LogP contribution in [0.25, 0.3) is 0 Å². The third-order valence-electron chi connectivity index (χ3n) is 4.38. The molecule has 0 radical (unpaired) electrons. The number of carbonyl (C=O) groups is 1. The fourth-order valence-electron chi connectivity index (χ4n) is 3.11. The van der Waals surface area contributed by atoms with Crippen LogP contribution in [0.3, 0.4) is 0 Å². The predicted molar refractivity (Wildman–Crippen MR) is 80.6 cm³/mol. The summed E-state index contributed by atoms with van der Waals surface area (Å²) in [6.07, 6.45) is 5.84. The Kier molecular flexibility index (Phi) is 4.68. The van der Waals surface area contributed by atoms with Crippen molar-refractivity contribution in [3.63, 3.8) is 0 Å². The minimum absolute atomic E-state index is 0.0771. The van der Waals surface area contributed by atoms with Gasteiger partial charge in [-0.25, -0.2) is 0 Å². The summed E-state index contributed by atoms with van der Waals surface area (Å²) >= 11 is 0. The van der Waals surface area contributed by atoms with Crippen molar-refractivity contribution in [2.45, 2.75) is 65.5 Å². The van der Waals surface area contributed by atoms with Gasteiger partial charge in [0.15, 0.2) is 0 Å². The van der Waals surface area contributed by atoms with Crippen LogP contribution in [-0.4, -0.2) is 21.7 Å². The summed E-state index contributed by atoms with van der Waals surface area (Å²) in [6, 6.07) is 0.279. The summed E-state index contributed by atoms with van der Waals surface area (Å²) in [5.74, 6) is 0.663. The zero-order chi connectivity index (χ0) is 14.7. The summed E-state index contributed by atoms with van der Waals surface area (Å²) in [5, 5.41) is 7.45. The largest absolute Gasteiger partial charge is 0.395 e. The molecule has 0 aliphatic heterocycles. The number of nitrogen functional groups attached to an aromatic ring is 1. The van der Waals surface area contributed by atoms with Crippen molar-refractivity contribution in [2.24, 2.45) is 5.92 Å². The van der Waals surface area contributed by atoms with E-state index in [0.717, 1.165) is 24.5 Å². The van der Waals surface area contributed by atoms with Crippen molar-refractivity contribution < 1.29 is 4.79 Å². The molecule has 1 amide bonds. The lowest BCUT2D eigenvalue weighted by Gasteiger charge is -2.29. The topological polar surface area (TPSA) is 72.9 Å². The molecule has 2 atom stereocenters. The van der Waals surface area contributed by atoms with Gasteiger partial charge in [0.25, 0.3) is 5.91 Å². The number of amides is 1. The second-order valence-electron chi connectivity index (χ2n) is 5.77. The Bertz CT molecular complexity index is 480. The molecule has 112 valence electrons. The summed E-state index contributed by atoms with van der Waals surface area (Å²) in [5.41, 5.74) is 7.75. The number of carbonyl (C=O) groups excluding carboxylic acids is 1. The molecule has 0 aromatic carbocycles. The molecular formula is C15H26N4O. The molecule has 0 bridgehead atoms. The summed E-state index contributed by atoms with van der Waals surface area (Å²) in [6.45, 7) is 6.69. The van der Waals surface area contributed by atoms with E-state index >= 15 is 0 Å². The molecule has 0 saturated heterocycles. The van der Waals surface area contributed by atoms with Crippen LogP contribution >= 0.6 is 0 Å². The molecule has 0 spiro atoms. The van der Waals surface area contributed by atoms with Crippen molar-refractivity contribution in [1.29, 1.82) is 0 Å². The lowest BCUT2D eigenvalue weighted by atomic mass is 9.84. The van der Waals surface area contributed by atoms with Gasteiger partial charge < -0.3 is 11.1 Å². The highest BCUT2D eigenvalue weighted by atomic mass is 16.2. The molecule has 3 N–H and O–H groups in total. The first kappa shape index (κ1) is 14.9. The van der Waals surface area contributed by atoms with Crippen LogP contribution in [0.1, 0.15) is 62.1 Å². The highest BCUT2D eigenvalue weighted by Crippen LogP contribution is 2.27. The number of rotatable bonds is 4. The molecule has 2 rings (SSSR count). The average molecular weight is 278 g/mol. The lowest BCUT2D eigenvalue weighted by molar-refractivity contribution is 0.0909. The number of nitrogens with zero attached hydrogens (tertiary/aromatic N) is 2. The van der Waals surface area contributed by atoms with E-state index in [4.69, 9.17) is 5.73 Å². The zero-order valence-electron chi connectivity index (χ0n) is 12.8. The van der Waals surface area contributed by atoms with Crippen LogP contribution in [0.2, 0.25) is 0 Å². The predicted octanol–water partition coefficient (Wildman–Crippen LogP) is 2.49. The Balaban J connectivity index is 2.08. The van der Waals surface area contributed by atoms with Gasteiger partial charge in [-0.05, 0) is 32.6 Å². The Morgan fingerprint density at radius 1 is 1.45 bits per heavy atom. The van der Waals surface area contributed by atoms with Crippen molar-refractivity contribution >= 4 is 11.6 Å². The molecule has 1 heterocycles. The maximum Gasteiger partial charge on any atom is 0.271 e. The van der Waals surface area contributed by atoms with Crippen molar-refractivity contribution in [2.75, 3.05) is 5.73 Å². The molecule has 1 aromatic heterocycles. The van der Waals surface area contributed by atoms with Crippen LogP contribution in [0.5, 0.6) is 0 Å². The number of nitrogens with two attached hydrogens (primary N) is 1. The van der Waals surface area contributed by atoms with E-state index in [1.807, 2.05) is 13.8 Å². The second-order valence-corrected chi connectivity index (χ2v) is 5.77. The first-order valence-corrected chi connectivity index (χ1v) is 7.70. The third-order valence-corrected chi connectivity index (χ3v) is 4.38. The monoisotopic (exact) mass is 278 g/mol. The molecule has 1 aliphatic carbocycles. The van der Waals surface area contributed by atoms with E-state index in [1.54, 1.807) is 4.68 Å². The second kappa shape index (κ2) is 6.29. The van der Waals surface area contributed by atoms with Crippen LogP contribution in [0.15, 0.2) is 0 Å². The van der Waals surface area contributed by atoms with Gasteiger partial charge in [0.05, 0.1) is 11.4 Å². The Hall–Kier alpha value is -1.52.